The molecule has 1 aromatic heterocycles. The van der Waals surface area contributed by atoms with Crippen molar-refractivity contribution in [3.05, 3.63) is 17.0 Å². The van der Waals surface area contributed by atoms with Crippen molar-refractivity contribution < 1.29 is 18.8 Å². The van der Waals surface area contributed by atoms with Crippen molar-refractivity contribution in [3.8, 4) is 0 Å². The van der Waals surface area contributed by atoms with E-state index in [1.807, 2.05) is 20.8 Å². The van der Waals surface area contributed by atoms with E-state index in [1.165, 1.54) is 6.33 Å². The van der Waals surface area contributed by atoms with E-state index in [0.29, 0.717) is 35.3 Å². The van der Waals surface area contributed by atoms with Gasteiger partial charge in [0.1, 0.15) is 22.9 Å². The zero-order valence-electron chi connectivity index (χ0n) is 20.8. The molecule has 0 aliphatic rings. The van der Waals surface area contributed by atoms with E-state index in [0.717, 1.165) is 0 Å². The number of hydrogen-bond donors (Lipinski definition) is 2. The third-order valence-corrected chi connectivity index (χ3v) is 11.8. The molecule has 0 saturated heterocycles. The lowest BCUT2D eigenvalue weighted by atomic mass is 10.2. The minimum atomic E-state index is -2.15. The predicted molar refractivity (Wildman–Crippen MR) is 131 cm³/mol. The third-order valence-electron chi connectivity index (χ3n) is 5.43. The van der Waals surface area contributed by atoms with Gasteiger partial charge in [0, 0.05) is 6.54 Å². The van der Waals surface area contributed by atoms with Crippen molar-refractivity contribution >= 4 is 38.1 Å². The normalized spacial score (nSPS) is 13.4. The molecule has 1 rings (SSSR count). The molecular formula is C22H39ClN4O4Si. The van der Waals surface area contributed by atoms with Crippen LogP contribution in [-0.2, 0) is 9.16 Å². The van der Waals surface area contributed by atoms with Crippen LogP contribution in [-0.4, -0.2) is 55.5 Å². The Morgan fingerprint density at radius 3 is 2.16 bits per heavy atom. The zero-order valence-corrected chi connectivity index (χ0v) is 22.5. The Hall–Kier alpha value is -1.71. The molecule has 1 heterocycles. The number of ether oxygens (including phenoxy) is 1. The summed E-state index contributed by atoms with van der Waals surface area (Å²) in [5, 5.41) is 6.06. The first-order valence-electron chi connectivity index (χ1n) is 11.1. The van der Waals surface area contributed by atoms with Crippen molar-refractivity contribution in [1.82, 2.24) is 15.3 Å². The fraction of sp³-hybridized carbons (Fsp3) is 0.727. The van der Waals surface area contributed by atoms with Crippen LogP contribution in [0, 0.1) is 0 Å². The lowest BCUT2D eigenvalue weighted by Gasteiger charge is -2.43. The Balaban J connectivity index is 3.08. The molecule has 0 unspecified atom stereocenters. The molecule has 1 atom stereocenters. The summed E-state index contributed by atoms with van der Waals surface area (Å²) in [6, 6.07) is -0.416. The number of hydrogen-bond acceptors (Lipinski definition) is 7. The standard InChI is InChI=1S/C22H39ClN4O4Si/c1-14(2)32(15(3)4,16(5)6)30-12-17(27-21(29)31-22(7,8)9)10-24-20-18(11-28)19(23)25-13-26-20/h11,13-17H,10,12H2,1-9H3,(H,27,29)(H,24,25,26)/t17-/m0/s1. The number of aldehydes is 1. The van der Waals surface area contributed by atoms with Crippen molar-refractivity contribution in [3.63, 3.8) is 0 Å². The minimum Gasteiger partial charge on any atom is -0.444 e. The maximum Gasteiger partial charge on any atom is 0.408 e. The number of nitrogens with one attached hydrogen (secondary N) is 2. The molecule has 8 nitrogen and oxygen atoms in total. The number of anilines is 1. The van der Waals surface area contributed by atoms with Crippen LogP contribution in [0.25, 0.3) is 0 Å². The third kappa shape index (κ3) is 7.70. The maximum atomic E-state index is 12.5. The molecule has 0 spiro atoms. The molecule has 10 heteroatoms. The smallest absolute Gasteiger partial charge is 0.408 e. The quantitative estimate of drug-likeness (QED) is 0.244. The highest BCUT2D eigenvalue weighted by molar-refractivity contribution is 6.77. The molecule has 0 saturated carbocycles. The van der Waals surface area contributed by atoms with E-state index in [9.17, 15) is 9.59 Å². The highest BCUT2D eigenvalue weighted by atomic mass is 35.5. The minimum absolute atomic E-state index is 0.0660. The number of rotatable bonds is 11. The van der Waals surface area contributed by atoms with Gasteiger partial charge >= 0.3 is 6.09 Å². The van der Waals surface area contributed by atoms with Gasteiger partial charge < -0.3 is 19.8 Å². The fourth-order valence-corrected chi connectivity index (χ4v) is 9.88. The summed E-state index contributed by atoms with van der Waals surface area (Å²) < 4.78 is 12.1. The largest absolute Gasteiger partial charge is 0.444 e. The van der Waals surface area contributed by atoms with E-state index in [1.54, 1.807) is 0 Å². The fourth-order valence-electron chi connectivity index (χ4n) is 4.21. The Kier molecular flexibility index (Phi) is 10.6. The summed E-state index contributed by atoms with van der Waals surface area (Å²) in [6.07, 6.45) is 1.35. The summed E-state index contributed by atoms with van der Waals surface area (Å²) >= 11 is 6.00. The summed E-state index contributed by atoms with van der Waals surface area (Å²) in [7, 11) is -2.15. The van der Waals surface area contributed by atoms with Gasteiger partial charge in [-0.15, -0.1) is 0 Å². The first-order valence-corrected chi connectivity index (χ1v) is 13.6. The summed E-state index contributed by atoms with van der Waals surface area (Å²) in [5.74, 6) is 0.302. The lowest BCUT2D eigenvalue weighted by Crippen LogP contribution is -2.52. The average Bonchev–Trinajstić information content (AvgIpc) is 2.63. The molecule has 0 fully saturated rings. The van der Waals surface area contributed by atoms with Gasteiger partial charge in [-0.2, -0.15) is 0 Å². The Labute approximate surface area is 198 Å². The molecule has 0 aliphatic carbocycles. The van der Waals surface area contributed by atoms with Gasteiger partial charge in [0.15, 0.2) is 14.6 Å². The van der Waals surface area contributed by atoms with Crippen LogP contribution in [0.2, 0.25) is 21.8 Å². The number of amides is 1. The summed E-state index contributed by atoms with van der Waals surface area (Å²) in [5.41, 5.74) is 0.751. The number of aromatic nitrogens is 2. The van der Waals surface area contributed by atoms with Gasteiger partial charge in [-0.1, -0.05) is 53.1 Å². The highest BCUT2D eigenvalue weighted by Gasteiger charge is 2.45. The molecule has 182 valence electrons. The van der Waals surface area contributed by atoms with Crippen LogP contribution in [0.5, 0.6) is 0 Å². The van der Waals surface area contributed by atoms with Gasteiger partial charge in [-0.25, -0.2) is 14.8 Å². The SMILES string of the molecule is CC(C)[Si](OC[C@H](CNc1ncnc(Cl)c1C=O)NC(=O)OC(C)(C)C)(C(C)C)C(C)C. The van der Waals surface area contributed by atoms with E-state index < -0.39 is 26.1 Å². The maximum absolute atomic E-state index is 12.5. The Morgan fingerprint density at radius 2 is 1.69 bits per heavy atom. The van der Waals surface area contributed by atoms with Gasteiger partial charge in [0.2, 0.25) is 0 Å². The van der Waals surface area contributed by atoms with Crippen LogP contribution in [0.4, 0.5) is 10.6 Å². The second-order valence-corrected chi connectivity index (χ2v) is 15.7. The number of alkyl carbamates (subject to hydrolysis) is 1. The van der Waals surface area contributed by atoms with Crippen LogP contribution < -0.4 is 10.6 Å². The van der Waals surface area contributed by atoms with Crippen molar-refractivity contribution in [2.45, 2.75) is 90.6 Å². The van der Waals surface area contributed by atoms with E-state index in [2.05, 4.69) is 62.1 Å². The monoisotopic (exact) mass is 486 g/mol. The summed E-state index contributed by atoms with van der Waals surface area (Å²) in [4.78, 5) is 31.8. The van der Waals surface area contributed by atoms with Crippen LogP contribution in [0.1, 0.15) is 72.7 Å². The lowest BCUT2D eigenvalue weighted by molar-refractivity contribution is 0.0488. The molecule has 1 amide bonds. The van der Waals surface area contributed by atoms with E-state index >= 15 is 0 Å². The van der Waals surface area contributed by atoms with Crippen molar-refractivity contribution in [1.29, 1.82) is 0 Å². The topological polar surface area (TPSA) is 102 Å². The molecule has 0 radical (unpaired) electrons. The molecule has 0 aliphatic heterocycles. The summed E-state index contributed by atoms with van der Waals surface area (Å²) in [6.45, 7) is 19.3. The van der Waals surface area contributed by atoms with Crippen LogP contribution >= 0.6 is 11.6 Å². The molecule has 0 aromatic carbocycles. The van der Waals surface area contributed by atoms with Gasteiger partial charge in [0.05, 0.1) is 18.2 Å². The molecular weight excluding hydrogens is 448 g/mol. The second-order valence-electron chi connectivity index (χ2n) is 9.90. The van der Waals surface area contributed by atoms with E-state index in [4.69, 9.17) is 20.8 Å². The zero-order chi connectivity index (χ0) is 24.7. The van der Waals surface area contributed by atoms with Gasteiger partial charge in [0.25, 0.3) is 0 Å². The van der Waals surface area contributed by atoms with Crippen molar-refractivity contribution in [2.24, 2.45) is 0 Å². The van der Waals surface area contributed by atoms with Crippen LogP contribution in [0.3, 0.4) is 0 Å². The van der Waals surface area contributed by atoms with Gasteiger partial charge in [-0.3, -0.25) is 4.79 Å². The number of carbonyl (C=O) groups is 2. The molecule has 2 N–H and O–H groups in total. The first-order chi connectivity index (χ1) is 14.7. The number of nitrogens with zero attached hydrogens (tertiary/aromatic N) is 2. The molecule has 32 heavy (non-hydrogen) atoms. The van der Waals surface area contributed by atoms with Crippen molar-refractivity contribution in [2.75, 3.05) is 18.5 Å². The average molecular weight is 487 g/mol. The Morgan fingerprint density at radius 1 is 1.12 bits per heavy atom. The first kappa shape index (κ1) is 28.3. The van der Waals surface area contributed by atoms with E-state index in [-0.39, 0.29) is 17.3 Å². The van der Waals surface area contributed by atoms with Gasteiger partial charge in [-0.05, 0) is 37.4 Å². The van der Waals surface area contributed by atoms with Crippen LogP contribution in [0.15, 0.2) is 6.33 Å². The second kappa shape index (κ2) is 11.9. The predicted octanol–water partition coefficient (Wildman–Crippen LogP) is 5.44. The number of halogens is 1. The highest BCUT2D eigenvalue weighted by Crippen LogP contribution is 2.42. The Bertz CT molecular complexity index is 747. The molecule has 0 bridgehead atoms. The number of carbonyl (C=O) groups excluding carboxylic acids is 2. The molecule has 1 aromatic rings.